The minimum atomic E-state index is -0.0109. The van der Waals surface area contributed by atoms with Crippen molar-refractivity contribution in [2.45, 2.75) is 19.4 Å². The van der Waals surface area contributed by atoms with Crippen molar-refractivity contribution < 1.29 is 9.53 Å². The molecule has 2 saturated heterocycles. The van der Waals surface area contributed by atoms with Crippen molar-refractivity contribution in [1.29, 1.82) is 0 Å². The van der Waals surface area contributed by atoms with Gasteiger partial charge in [0, 0.05) is 58.5 Å². The molecule has 2 amide bonds. The van der Waals surface area contributed by atoms with Crippen molar-refractivity contribution in [1.82, 2.24) is 20.4 Å². The van der Waals surface area contributed by atoms with E-state index in [1.165, 1.54) is 0 Å². The van der Waals surface area contributed by atoms with Gasteiger partial charge >= 0.3 is 6.03 Å². The molecule has 2 aliphatic heterocycles. The maximum atomic E-state index is 12.2. The molecule has 9 heteroatoms. The first-order chi connectivity index (χ1) is 13.7. The van der Waals surface area contributed by atoms with Gasteiger partial charge in [-0.25, -0.2) is 4.79 Å². The smallest absolute Gasteiger partial charge is 0.321 e. The number of anilines is 1. The molecule has 2 aliphatic rings. The predicted molar refractivity (Wildman–Crippen MR) is 127 cm³/mol. The molecule has 0 saturated carbocycles. The zero-order chi connectivity index (χ0) is 19.6. The van der Waals surface area contributed by atoms with E-state index in [0.717, 1.165) is 82.5 Å². The van der Waals surface area contributed by atoms with Crippen LogP contribution in [0, 0.1) is 0 Å². The fraction of sp³-hybridized carbons (Fsp3) is 0.600. The second-order valence-corrected chi connectivity index (χ2v) is 7.13. The molecule has 0 aromatic heterocycles. The fourth-order valence-corrected chi connectivity index (χ4v) is 3.45. The van der Waals surface area contributed by atoms with E-state index >= 15 is 0 Å². The van der Waals surface area contributed by atoms with Crippen molar-refractivity contribution in [3.05, 3.63) is 29.8 Å². The number of nitrogens with one attached hydrogen (secondary N) is 3. The molecule has 3 rings (SSSR count). The summed E-state index contributed by atoms with van der Waals surface area (Å²) < 4.78 is 5.37. The van der Waals surface area contributed by atoms with Crippen molar-refractivity contribution in [2.75, 3.05) is 64.8 Å². The van der Waals surface area contributed by atoms with Crippen molar-refractivity contribution in [2.24, 2.45) is 4.99 Å². The zero-order valence-electron chi connectivity index (χ0n) is 17.2. The van der Waals surface area contributed by atoms with E-state index in [2.05, 4.69) is 25.8 Å². The number of amides is 2. The predicted octanol–water partition coefficient (Wildman–Crippen LogP) is 1.93. The van der Waals surface area contributed by atoms with Crippen LogP contribution in [0.3, 0.4) is 0 Å². The van der Waals surface area contributed by atoms with Crippen LogP contribution in [0.5, 0.6) is 0 Å². The van der Waals surface area contributed by atoms with Gasteiger partial charge in [-0.2, -0.15) is 0 Å². The largest absolute Gasteiger partial charge is 0.379 e. The van der Waals surface area contributed by atoms with Gasteiger partial charge in [-0.15, -0.1) is 24.0 Å². The minimum Gasteiger partial charge on any atom is -0.379 e. The number of hydrogen-bond donors (Lipinski definition) is 3. The Morgan fingerprint density at radius 3 is 2.62 bits per heavy atom. The average Bonchev–Trinajstić information content (AvgIpc) is 3.27. The third kappa shape index (κ3) is 7.98. The van der Waals surface area contributed by atoms with Crippen molar-refractivity contribution in [3.63, 3.8) is 0 Å². The van der Waals surface area contributed by atoms with E-state index in [1.807, 2.05) is 29.2 Å². The van der Waals surface area contributed by atoms with Gasteiger partial charge in [0.25, 0.3) is 0 Å². The summed E-state index contributed by atoms with van der Waals surface area (Å²) in [5, 5.41) is 9.68. The number of carbonyl (C=O) groups excluding carboxylic acids is 1. The van der Waals surface area contributed by atoms with Crippen molar-refractivity contribution in [3.8, 4) is 0 Å². The minimum absolute atomic E-state index is 0. The van der Waals surface area contributed by atoms with Crippen LogP contribution in [-0.2, 0) is 11.3 Å². The van der Waals surface area contributed by atoms with Gasteiger partial charge in [0.15, 0.2) is 5.96 Å². The van der Waals surface area contributed by atoms with Gasteiger partial charge in [-0.05, 0) is 30.5 Å². The van der Waals surface area contributed by atoms with Crippen LogP contribution in [0.25, 0.3) is 0 Å². The number of aliphatic imine (C=N–C) groups is 1. The normalized spacial score (nSPS) is 17.6. The van der Waals surface area contributed by atoms with Crippen LogP contribution in [0.4, 0.5) is 10.5 Å². The van der Waals surface area contributed by atoms with Crippen LogP contribution in [-0.4, -0.2) is 81.3 Å². The number of benzene rings is 1. The Hall–Kier alpha value is -1.59. The van der Waals surface area contributed by atoms with Gasteiger partial charge in [-0.1, -0.05) is 12.1 Å². The number of likely N-dealkylation sites (tertiary alicyclic amines) is 1. The summed E-state index contributed by atoms with van der Waals surface area (Å²) in [6.07, 6.45) is 2.18. The molecular weight excluding hydrogens is 483 g/mol. The van der Waals surface area contributed by atoms with Crippen molar-refractivity contribution >= 4 is 41.7 Å². The van der Waals surface area contributed by atoms with E-state index in [-0.39, 0.29) is 30.0 Å². The van der Waals surface area contributed by atoms with Crippen LogP contribution in [0.2, 0.25) is 0 Å². The zero-order valence-corrected chi connectivity index (χ0v) is 19.5. The van der Waals surface area contributed by atoms with Gasteiger partial charge in [0.2, 0.25) is 0 Å². The molecule has 2 fully saturated rings. The van der Waals surface area contributed by atoms with Crippen LogP contribution in [0.15, 0.2) is 29.3 Å². The summed E-state index contributed by atoms with van der Waals surface area (Å²) in [5.41, 5.74) is 1.92. The van der Waals surface area contributed by atoms with Crippen LogP contribution in [0.1, 0.15) is 18.4 Å². The lowest BCUT2D eigenvalue weighted by Crippen LogP contribution is -2.44. The number of guanidine groups is 1. The highest BCUT2D eigenvalue weighted by molar-refractivity contribution is 14.0. The number of urea groups is 1. The summed E-state index contributed by atoms with van der Waals surface area (Å²) >= 11 is 0. The molecule has 1 aromatic rings. The monoisotopic (exact) mass is 516 g/mol. The van der Waals surface area contributed by atoms with E-state index in [0.29, 0.717) is 6.54 Å². The highest BCUT2D eigenvalue weighted by Crippen LogP contribution is 2.14. The highest BCUT2D eigenvalue weighted by Gasteiger charge is 2.17. The Morgan fingerprint density at radius 2 is 1.90 bits per heavy atom. The third-order valence-corrected chi connectivity index (χ3v) is 5.08. The Bertz CT molecular complexity index is 660. The molecule has 8 nitrogen and oxygen atoms in total. The number of ether oxygens (including phenoxy) is 1. The highest BCUT2D eigenvalue weighted by atomic mass is 127. The SMILES string of the molecule is CN=C(NCCN1CCOCC1)NCc1cccc(NC(=O)N2CCCC2)c1.I. The number of morpholine rings is 1. The second kappa shape index (κ2) is 12.9. The van der Waals surface area contributed by atoms with Crippen LogP contribution >= 0.6 is 24.0 Å². The first kappa shape index (κ1) is 23.7. The van der Waals surface area contributed by atoms with Crippen LogP contribution < -0.4 is 16.0 Å². The molecular formula is C20H33IN6O2. The molecule has 1 aromatic carbocycles. The molecule has 0 unspecified atom stereocenters. The Labute approximate surface area is 190 Å². The average molecular weight is 516 g/mol. The maximum absolute atomic E-state index is 12.2. The quantitative estimate of drug-likeness (QED) is 0.306. The molecule has 0 atom stereocenters. The molecule has 0 aliphatic carbocycles. The second-order valence-electron chi connectivity index (χ2n) is 7.13. The summed E-state index contributed by atoms with van der Waals surface area (Å²) in [4.78, 5) is 20.8. The topological polar surface area (TPSA) is 81.2 Å². The van der Waals surface area contributed by atoms with E-state index < -0.39 is 0 Å². The Morgan fingerprint density at radius 1 is 1.14 bits per heavy atom. The first-order valence-corrected chi connectivity index (χ1v) is 10.1. The maximum Gasteiger partial charge on any atom is 0.321 e. The number of nitrogens with zero attached hydrogens (tertiary/aromatic N) is 3. The number of carbonyl (C=O) groups is 1. The molecule has 162 valence electrons. The Kier molecular flexibility index (Phi) is 10.5. The number of rotatable bonds is 6. The molecule has 3 N–H and O–H groups in total. The van der Waals surface area contributed by atoms with Gasteiger partial charge in [0.05, 0.1) is 13.2 Å². The van der Waals surface area contributed by atoms with E-state index in [4.69, 9.17) is 4.74 Å². The summed E-state index contributed by atoms with van der Waals surface area (Å²) in [7, 11) is 1.77. The van der Waals surface area contributed by atoms with E-state index in [1.54, 1.807) is 7.05 Å². The molecule has 0 spiro atoms. The standard InChI is InChI=1S/C20H32N6O2.HI/c1-21-19(22-7-10-25-11-13-28-14-12-25)23-16-17-5-4-6-18(15-17)24-20(27)26-8-2-3-9-26;/h4-6,15H,2-3,7-14,16H2,1H3,(H,24,27)(H2,21,22,23);1H. The van der Waals surface area contributed by atoms with E-state index in [9.17, 15) is 4.79 Å². The summed E-state index contributed by atoms with van der Waals surface area (Å²) in [5.74, 6) is 0.778. The fourth-order valence-electron chi connectivity index (χ4n) is 3.45. The first-order valence-electron chi connectivity index (χ1n) is 10.1. The van der Waals surface area contributed by atoms with Gasteiger partial charge in [0.1, 0.15) is 0 Å². The lowest BCUT2D eigenvalue weighted by Gasteiger charge is -2.26. The lowest BCUT2D eigenvalue weighted by molar-refractivity contribution is 0.0389. The molecule has 0 radical (unpaired) electrons. The molecule has 0 bridgehead atoms. The summed E-state index contributed by atoms with van der Waals surface area (Å²) in [6, 6.07) is 7.92. The number of halogens is 1. The van der Waals surface area contributed by atoms with Gasteiger partial charge < -0.3 is 25.6 Å². The lowest BCUT2D eigenvalue weighted by atomic mass is 10.2. The summed E-state index contributed by atoms with van der Waals surface area (Å²) in [6.45, 7) is 7.76. The molecule has 2 heterocycles. The number of hydrogen-bond acceptors (Lipinski definition) is 4. The molecule has 29 heavy (non-hydrogen) atoms. The van der Waals surface area contributed by atoms with Gasteiger partial charge in [-0.3, -0.25) is 9.89 Å². The third-order valence-electron chi connectivity index (χ3n) is 5.08. The Balaban J connectivity index is 0.00000300.